The number of carbonyl (C=O) groups excluding carboxylic acids is 1. The topological polar surface area (TPSA) is 44.1 Å². The van der Waals surface area contributed by atoms with Gasteiger partial charge < -0.3 is 0 Å². The number of nitriles is 1. The summed E-state index contributed by atoms with van der Waals surface area (Å²) < 4.78 is 0. The highest BCUT2D eigenvalue weighted by molar-refractivity contribution is 6.66. The van der Waals surface area contributed by atoms with E-state index in [1.165, 1.54) is 0 Å². The SMILES string of the molecule is CN1CCCC1(C#N)C(=O)Cl. The summed E-state index contributed by atoms with van der Waals surface area (Å²) in [5.74, 6) is 0. The van der Waals surface area contributed by atoms with Crippen LogP contribution in [0.15, 0.2) is 0 Å². The van der Waals surface area contributed by atoms with Gasteiger partial charge in [0.25, 0.3) is 5.24 Å². The highest BCUT2D eigenvalue weighted by Gasteiger charge is 2.45. The van der Waals surface area contributed by atoms with E-state index in [-0.39, 0.29) is 0 Å². The summed E-state index contributed by atoms with van der Waals surface area (Å²) >= 11 is 5.33. The lowest BCUT2D eigenvalue weighted by Crippen LogP contribution is -2.44. The third-order valence-corrected chi connectivity index (χ3v) is 2.51. The van der Waals surface area contributed by atoms with Crippen LogP contribution in [0.2, 0.25) is 0 Å². The van der Waals surface area contributed by atoms with Crippen LogP contribution in [0.3, 0.4) is 0 Å². The summed E-state index contributed by atoms with van der Waals surface area (Å²) in [6.07, 6.45) is 1.42. The molecule has 1 fully saturated rings. The average Bonchev–Trinajstić information content (AvgIpc) is 2.32. The van der Waals surface area contributed by atoms with E-state index in [0.29, 0.717) is 6.42 Å². The van der Waals surface area contributed by atoms with E-state index in [9.17, 15) is 4.79 Å². The largest absolute Gasteiger partial charge is 0.281 e. The van der Waals surface area contributed by atoms with Crippen molar-refractivity contribution >= 4 is 16.8 Å². The predicted molar refractivity (Wildman–Crippen MR) is 41.1 cm³/mol. The zero-order chi connectivity index (χ0) is 8.48. The third kappa shape index (κ3) is 1.13. The number of likely N-dealkylation sites (N-methyl/N-ethyl adjacent to an activating group) is 1. The van der Waals surface area contributed by atoms with Gasteiger partial charge in [-0.2, -0.15) is 5.26 Å². The number of halogens is 1. The molecule has 1 saturated heterocycles. The number of likely N-dealkylation sites (tertiary alicyclic amines) is 1. The maximum absolute atomic E-state index is 10.9. The first-order valence-electron chi connectivity index (χ1n) is 3.46. The van der Waals surface area contributed by atoms with E-state index >= 15 is 0 Å². The smallest absolute Gasteiger partial charge is 0.256 e. The first-order valence-corrected chi connectivity index (χ1v) is 3.84. The van der Waals surface area contributed by atoms with Gasteiger partial charge in [0.15, 0.2) is 5.54 Å². The lowest BCUT2D eigenvalue weighted by atomic mass is 10.0. The second kappa shape index (κ2) is 2.80. The van der Waals surface area contributed by atoms with Crippen molar-refractivity contribution in [3.05, 3.63) is 0 Å². The molecule has 3 nitrogen and oxygen atoms in total. The summed E-state index contributed by atoms with van der Waals surface area (Å²) in [6.45, 7) is 0.770. The van der Waals surface area contributed by atoms with Crippen LogP contribution >= 0.6 is 11.6 Å². The monoisotopic (exact) mass is 172 g/mol. The molecule has 0 saturated carbocycles. The van der Waals surface area contributed by atoms with Gasteiger partial charge in [0.2, 0.25) is 0 Å². The summed E-state index contributed by atoms with van der Waals surface area (Å²) in [5.41, 5.74) is -1.04. The van der Waals surface area contributed by atoms with E-state index in [4.69, 9.17) is 16.9 Å². The molecule has 60 valence electrons. The van der Waals surface area contributed by atoms with E-state index in [1.807, 2.05) is 6.07 Å². The minimum absolute atomic E-state index is 0.556. The second-order valence-corrected chi connectivity index (χ2v) is 3.11. The van der Waals surface area contributed by atoms with Gasteiger partial charge in [0, 0.05) is 0 Å². The van der Waals surface area contributed by atoms with Crippen molar-refractivity contribution in [2.75, 3.05) is 13.6 Å². The molecular weight excluding hydrogens is 164 g/mol. The van der Waals surface area contributed by atoms with Gasteiger partial charge in [-0.1, -0.05) is 0 Å². The van der Waals surface area contributed by atoms with E-state index < -0.39 is 10.8 Å². The zero-order valence-corrected chi connectivity index (χ0v) is 7.06. The molecule has 0 radical (unpaired) electrons. The molecule has 1 rings (SSSR count). The molecule has 0 N–H and O–H groups in total. The Hall–Kier alpha value is -0.590. The maximum Gasteiger partial charge on any atom is 0.256 e. The van der Waals surface area contributed by atoms with Crippen molar-refractivity contribution in [2.45, 2.75) is 18.4 Å². The van der Waals surface area contributed by atoms with Gasteiger partial charge in [0.1, 0.15) is 0 Å². The summed E-state index contributed by atoms with van der Waals surface area (Å²) in [6, 6.07) is 1.97. The van der Waals surface area contributed by atoms with Crippen LogP contribution in [0.1, 0.15) is 12.8 Å². The molecule has 1 aliphatic rings. The van der Waals surface area contributed by atoms with Crippen molar-refractivity contribution in [3.63, 3.8) is 0 Å². The molecular formula is C7H9ClN2O. The molecule has 11 heavy (non-hydrogen) atoms. The molecule has 0 amide bonds. The van der Waals surface area contributed by atoms with Crippen LogP contribution in [0.5, 0.6) is 0 Å². The van der Waals surface area contributed by atoms with Crippen LogP contribution in [0.4, 0.5) is 0 Å². The van der Waals surface area contributed by atoms with Crippen molar-refractivity contribution in [1.82, 2.24) is 4.90 Å². The molecule has 1 atom stereocenters. The van der Waals surface area contributed by atoms with Crippen LogP contribution in [-0.2, 0) is 4.79 Å². The first kappa shape index (κ1) is 8.51. The average molecular weight is 173 g/mol. The fourth-order valence-electron chi connectivity index (χ4n) is 1.39. The zero-order valence-electron chi connectivity index (χ0n) is 6.30. The number of hydrogen-bond donors (Lipinski definition) is 0. The maximum atomic E-state index is 10.9. The lowest BCUT2D eigenvalue weighted by Gasteiger charge is -2.23. The molecule has 0 aliphatic carbocycles. The van der Waals surface area contributed by atoms with Crippen molar-refractivity contribution in [1.29, 1.82) is 5.26 Å². The molecule has 0 spiro atoms. The minimum Gasteiger partial charge on any atom is -0.281 e. The van der Waals surface area contributed by atoms with Gasteiger partial charge in [-0.05, 0) is 38.0 Å². The standard InChI is InChI=1S/C7H9ClN2O/c1-10-4-2-3-7(10,5-9)6(8)11/h2-4H2,1H3. The summed E-state index contributed by atoms with van der Waals surface area (Å²) in [7, 11) is 1.75. The van der Waals surface area contributed by atoms with Gasteiger partial charge in [-0.3, -0.25) is 9.69 Å². The molecule has 0 aromatic heterocycles. The third-order valence-electron chi connectivity index (χ3n) is 2.19. The summed E-state index contributed by atoms with van der Waals surface area (Å²) in [5, 5.41) is 8.20. The molecule has 4 heteroatoms. The van der Waals surface area contributed by atoms with Crippen molar-refractivity contribution < 1.29 is 4.79 Å². The quantitative estimate of drug-likeness (QED) is 0.548. The van der Waals surface area contributed by atoms with E-state index in [0.717, 1.165) is 13.0 Å². The molecule has 1 heterocycles. The molecule has 1 aliphatic heterocycles. The van der Waals surface area contributed by atoms with Gasteiger partial charge in [0.05, 0.1) is 6.07 Å². The Morgan fingerprint density at radius 1 is 1.82 bits per heavy atom. The number of hydrogen-bond acceptors (Lipinski definition) is 3. The summed E-state index contributed by atoms with van der Waals surface area (Å²) in [4.78, 5) is 12.6. The van der Waals surface area contributed by atoms with Gasteiger partial charge in [-0.25, -0.2) is 0 Å². The lowest BCUT2D eigenvalue weighted by molar-refractivity contribution is -0.118. The van der Waals surface area contributed by atoms with Crippen molar-refractivity contribution in [2.24, 2.45) is 0 Å². The number of carbonyl (C=O) groups is 1. The number of rotatable bonds is 1. The van der Waals surface area contributed by atoms with Crippen LogP contribution in [-0.4, -0.2) is 29.3 Å². The van der Waals surface area contributed by atoms with Crippen molar-refractivity contribution in [3.8, 4) is 6.07 Å². The van der Waals surface area contributed by atoms with E-state index in [1.54, 1.807) is 11.9 Å². The Labute approximate surface area is 70.5 Å². The Kier molecular flexibility index (Phi) is 2.17. The normalized spacial score (nSPS) is 31.7. The van der Waals surface area contributed by atoms with Crippen LogP contribution in [0.25, 0.3) is 0 Å². The Morgan fingerprint density at radius 2 is 2.45 bits per heavy atom. The fraction of sp³-hybridized carbons (Fsp3) is 0.714. The molecule has 0 bridgehead atoms. The van der Waals surface area contributed by atoms with Gasteiger partial charge in [-0.15, -0.1) is 0 Å². The van der Waals surface area contributed by atoms with E-state index in [2.05, 4.69) is 0 Å². The predicted octanol–water partition coefficient (Wildman–Crippen LogP) is 0.740. The van der Waals surface area contributed by atoms with Gasteiger partial charge >= 0.3 is 0 Å². The fourth-order valence-corrected chi connectivity index (χ4v) is 1.67. The Bertz CT molecular complexity index is 223. The Morgan fingerprint density at radius 3 is 2.64 bits per heavy atom. The number of nitrogens with zero attached hydrogens (tertiary/aromatic N) is 2. The van der Waals surface area contributed by atoms with Crippen LogP contribution < -0.4 is 0 Å². The first-order chi connectivity index (χ1) is 5.13. The molecule has 1 unspecified atom stereocenters. The minimum atomic E-state index is -1.04. The second-order valence-electron chi connectivity index (χ2n) is 2.77. The highest BCUT2D eigenvalue weighted by Crippen LogP contribution is 2.28. The molecule has 0 aromatic carbocycles. The molecule has 0 aromatic rings. The highest BCUT2D eigenvalue weighted by atomic mass is 35.5. The Balaban J connectivity index is 2.93. The van der Waals surface area contributed by atoms with Crippen LogP contribution in [0, 0.1) is 11.3 Å².